The lowest BCUT2D eigenvalue weighted by Gasteiger charge is -2.07. The van der Waals surface area contributed by atoms with Crippen molar-refractivity contribution in [1.29, 1.82) is 0 Å². The second-order valence-electron chi connectivity index (χ2n) is 3.74. The lowest BCUT2D eigenvalue weighted by Crippen LogP contribution is -2.14. The van der Waals surface area contributed by atoms with Crippen LogP contribution in [0, 0.1) is 12.7 Å². The summed E-state index contributed by atoms with van der Waals surface area (Å²) in [6.45, 7) is 1.80. The lowest BCUT2D eigenvalue weighted by atomic mass is 10.2. The van der Waals surface area contributed by atoms with E-state index in [1.54, 1.807) is 25.1 Å². The van der Waals surface area contributed by atoms with Crippen molar-refractivity contribution >= 4 is 27.5 Å². The van der Waals surface area contributed by atoms with E-state index in [0.717, 1.165) is 5.69 Å². The maximum absolute atomic E-state index is 13.1. The van der Waals surface area contributed by atoms with Gasteiger partial charge < -0.3 is 5.32 Å². The van der Waals surface area contributed by atoms with Crippen molar-refractivity contribution < 1.29 is 9.18 Å². The number of benzene rings is 1. The van der Waals surface area contributed by atoms with Crippen molar-refractivity contribution in [2.45, 2.75) is 6.92 Å². The molecule has 0 saturated heterocycles. The molecule has 1 aromatic carbocycles. The van der Waals surface area contributed by atoms with Crippen LogP contribution in [0.4, 0.5) is 10.1 Å². The molecule has 2 rings (SSSR count). The SMILES string of the molecule is Cc1cccc(C(=O)Nc2cc(F)ccc2Br)n1. The first-order valence-corrected chi connectivity index (χ1v) is 6.05. The van der Waals surface area contributed by atoms with Gasteiger partial charge in [0.25, 0.3) is 5.91 Å². The molecular formula is C13H10BrFN2O. The normalized spacial score (nSPS) is 10.2. The number of carbonyl (C=O) groups excluding carboxylic acids is 1. The Morgan fingerprint density at radius 3 is 2.83 bits per heavy atom. The number of aryl methyl sites for hydroxylation is 1. The summed E-state index contributed by atoms with van der Waals surface area (Å²) in [5.41, 5.74) is 1.43. The first kappa shape index (κ1) is 12.7. The van der Waals surface area contributed by atoms with E-state index in [4.69, 9.17) is 0 Å². The zero-order valence-electron chi connectivity index (χ0n) is 9.58. The fourth-order valence-corrected chi connectivity index (χ4v) is 1.79. The van der Waals surface area contributed by atoms with Crippen LogP contribution in [0.5, 0.6) is 0 Å². The third kappa shape index (κ3) is 2.92. The average molecular weight is 309 g/mol. The molecule has 3 nitrogen and oxygen atoms in total. The zero-order chi connectivity index (χ0) is 13.1. The molecular weight excluding hydrogens is 299 g/mol. The van der Waals surface area contributed by atoms with Gasteiger partial charge in [-0.25, -0.2) is 9.37 Å². The number of pyridine rings is 1. The minimum Gasteiger partial charge on any atom is -0.320 e. The van der Waals surface area contributed by atoms with E-state index < -0.39 is 5.82 Å². The molecule has 0 bridgehead atoms. The maximum atomic E-state index is 13.1. The van der Waals surface area contributed by atoms with Crippen LogP contribution < -0.4 is 5.32 Å². The number of hydrogen-bond donors (Lipinski definition) is 1. The summed E-state index contributed by atoms with van der Waals surface area (Å²) in [5, 5.41) is 2.61. The number of carbonyl (C=O) groups is 1. The molecule has 0 aliphatic heterocycles. The fraction of sp³-hybridized carbons (Fsp3) is 0.0769. The van der Waals surface area contributed by atoms with Crippen molar-refractivity contribution in [2.75, 3.05) is 5.32 Å². The molecule has 1 amide bonds. The fourth-order valence-electron chi connectivity index (χ4n) is 1.45. The van der Waals surface area contributed by atoms with Crippen LogP contribution in [0.25, 0.3) is 0 Å². The minimum atomic E-state index is -0.411. The molecule has 0 fully saturated rings. The molecule has 5 heteroatoms. The van der Waals surface area contributed by atoms with Crippen molar-refractivity contribution in [1.82, 2.24) is 4.98 Å². The largest absolute Gasteiger partial charge is 0.320 e. The highest BCUT2D eigenvalue weighted by atomic mass is 79.9. The first-order chi connectivity index (χ1) is 8.56. The van der Waals surface area contributed by atoms with Gasteiger partial charge in [-0.3, -0.25) is 4.79 Å². The van der Waals surface area contributed by atoms with Gasteiger partial charge in [-0.15, -0.1) is 0 Å². The number of halogens is 2. The van der Waals surface area contributed by atoms with E-state index in [1.807, 2.05) is 0 Å². The second-order valence-corrected chi connectivity index (χ2v) is 4.60. The maximum Gasteiger partial charge on any atom is 0.274 e. The quantitative estimate of drug-likeness (QED) is 0.922. The first-order valence-electron chi connectivity index (χ1n) is 5.26. The number of rotatable bonds is 2. The van der Waals surface area contributed by atoms with Crippen LogP contribution in [0.3, 0.4) is 0 Å². The Morgan fingerprint density at radius 1 is 1.33 bits per heavy atom. The van der Waals surface area contributed by atoms with Gasteiger partial charge in [0.2, 0.25) is 0 Å². The molecule has 2 aromatic rings. The molecule has 18 heavy (non-hydrogen) atoms. The van der Waals surface area contributed by atoms with Crippen LogP contribution in [0.1, 0.15) is 16.2 Å². The van der Waals surface area contributed by atoms with Crippen molar-refractivity contribution in [2.24, 2.45) is 0 Å². The van der Waals surface area contributed by atoms with Gasteiger partial charge in [-0.05, 0) is 53.2 Å². The Morgan fingerprint density at radius 2 is 2.11 bits per heavy atom. The van der Waals surface area contributed by atoms with Crippen LogP contribution in [-0.4, -0.2) is 10.9 Å². The van der Waals surface area contributed by atoms with Gasteiger partial charge >= 0.3 is 0 Å². The number of aromatic nitrogens is 1. The zero-order valence-corrected chi connectivity index (χ0v) is 11.2. The lowest BCUT2D eigenvalue weighted by molar-refractivity contribution is 0.102. The van der Waals surface area contributed by atoms with Crippen LogP contribution in [-0.2, 0) is 0 Å². The number of nitrogens with one attached hydrogen (secondary N) is 1. The molecule has 0 saturated carbocycles. The van der Waals surface area contributed by atoms with Gasteiger partial charge in [0.15, 0.2) is 0 Å². The molecule has 0 spiro atoms. The second kappa shape index (κ2) is 5.27. The summed E-state index contributed by atoms with van der Waals surface area (Å²) < 4.78 is 13.7. The van der Waals surface area contributed by atoms with Crippen molar-refractivity contribution in [3.63, 3.8) is 0 Å². The molecule has 0 unspecified atom stereocenters. The molecule has 0 aliphatic rings. The highest BCUT2D eigenvalue weighted by Crippen LogP contribution is 2.23. The minimum absolute atomic E-state index is 0.297. The van der Waals surface area contributed by atoms with Gasteiger partial charge in [0, 0.05) is 10.2 Å². The van der Waals surface area contributed by atoms with E-state index in [1.165, 1.54) is 18.2 Å². The molecule has 0 aliphatic carbocycles. The standard InChI is InChI=1S/C13H10BrFN2O/c1-8-3-2-4-11(16-8)13(18)17-12-7-9(15)5-6-10(12)14/h2-7H,1H3,(H,17,18). The Balaban J connectivity index is 2.24. The van der Waals surface area contributed by atoms with Crippen molar-refractivity contribution in [3.8, 4) is 0 Å². The van der Waals surface area contributed by atoms with Crippen LogP contribution in [0.15, 0.2) is 40.9 Å². The average Bonchev–Trinajstić information content (AvgIpc) is 2.34. The molecule has 1 N–H and O–H groups in total. The number of amides is 1. The third-order valence-corrected chi connectivity index (χ3v) is 2.99. The summed E-state index contributed by atoms with van der Waals surface area (Å²) in [6.07, 6.45) is 0. The summed E-state index contributed by atoms with van der Waals surface area (Å²) in [5.74, 6) is -0.782. The number of nitrogens with zero attached hydrogens (tertiary/aromatic N) is 1. The van der Waals surface area contributed by atoms with Crippen LogP contribution >= 0.6 is 15.9 Å². The summed E-state index contributed by atoms with van der Waals surface area (Å²) in [4.78, 5) is 16.0. The molecule has 1 aromatic heterocycles. The number of hydrogen-bond acceptors (Lipinski definition) is 2. The molecule has 0 atom stereocenters. The van der Waals surface area contributed by atoms with Crippen molar-refractivity contribution in [3.05, 3.63) is 58.1 Å². The summed E-state index contributed by atoms with van der Waals surface area (Å²) >= 11 is 3.24. The van der Waals surface area contributed by atoms with E-state index in [0.29, 0.717) is 15.9 Å². The summed E-state index contributed by atoms with van der Waals surface area (Å²) in [6, 6.07) is 9.25. The predicted molar refractivity (Wildman–Crippen MR) is 71.0 cm³/mol. The molecule has 0 radical (unpaired) electrons. The van der Waals surface area contributed by atoms with E-state index in [-0.39, 0.29) is 5.91 Å². The van der Waals surface area contributed by atoms with Gasteiger partial charge in [-0.2, -0.15) is 0 Å². The van der Waals surface area contributed by atoms with Crippen LogP contribution in [0.2, 0.25) is 0 Å². The highest BCUT2D eigenvalue weighted by molar-refractivity contribution is 9.10. The Hall–Kier alpha value is -1.75. The highest BCUT2D eigenvalue weighted by Gasteiger charge is 2.10. The molecule has 1 heterocycles. The van der Waals surface area contributed by atoms with E-state index >= 15 is 0 Å². The number of anilines is 1. The monoisotopic (exact) mass is 308 g/mol. The van der Waals surface area contributed by atoms with Gasteiger partial charge in [0.05, 0.1) is 5.69 Å². The predicted octanol–water partition coefficient (Wildman–Crippen LogP) is 3.54. The Kier molecular flexibility index (Phi) is 3.72. The van der Waals surface area contributed by atoms with E-state index in [2.05, 4.69) is 26.2 Å². The topological polar surface area (TPSA) is 42.0 Å². The Labute approximate surface area is 112 Å². The van der Waals surface area contributed by atoms with Gasteiger partial charge in [-0.1, -0.05) is 6.07 Å². The smallest absolute Gasteiger partial charge is 0.274 e. The third-order valence-electron chi connectivity index (χ3n) is 2.30. The molecule has 92 valence electrons. The van der Waals surface area contributed by atoms with E-state index in [9.17, 15) is 9.18 Å². The van der Waals surface area contributed by atoms with Gasteiger partial charge in [0.1, 0.15) is 11.5 Å². The summed E-state index contributed by atoms with van der Waals surface area (Å²) in [7, 11) is 0. The Bertz CT molecular complexity index is 601.